The summed E-state index contributed by atoms with van der Waals surface area (Å²) in [5, 5.41) is 11.9. The molecule has 5 heteroatoms. The zero-order valence-corrected chi connectivity index (χ0v) is 9.61. The number of rotatable bonds is 6. The maximum atomic E-state index is 10.8. The molecule has 1 saturated heterocycles. The molecule has 0 radical (unpaired) electrons. The fraction of sp³-hybridized carbons (Fsp3) is 0.727. The molecule has 0 aliphatic carbocycles. The minimum absolute atomic E-state index is 0.382. The first-order valence-electron chi connectivity index (χ1n) is 5.72. The third kappa shape index (κ3) is 4.63. The Balaban J connectivity index is 2.21. The zero-order chi connectivity index (χ0) is 11.8. The molecule has 0 aromatic heterocycles. The van der Waals surface area contributed by atoms with Gasteiger partial charge in [-0.1, -0.05) is 6.08 Å². The molecular weight excluding hydrogens is 208 g/mol. The molecule has 0 amide bonds. The van der Waals surface area contributed by atoms with E-state index in [9.17, 15) is 4.79 Å². The van der Waals surface area contributed by atoms with Crippen LogP contribution in [0.15, 0.2) is 12.3 Å². The number of piperidine rings is 1. The van der Waals surface area contributed by atoms with Gasteiger partial charge < -0.3 is 10.4 Å². The number of aliphatic carboxylic acids is 1. The Hall–Kier alpha value is -1.07. The van der Waals surface area contributed by atoms with E-state index in [2.05, 4.69) is 10.8 Å². The molecule has 0 aromatic rings. The third-order valence-corrected chi connectivity index (χ3v) is 2.69. The lowest BCUT2D eigenvalue weighted by atomic mass is 9.90. The first-order chi connectivity index (χ1) is 7.74. The fourth-order valence-electron chi connectivity index (χ4n) is 1.84. The van der Waals surface area contributed by atoms with Crippen molar-refractivity contribution in [3.05, 3.63) is 12.3 Å². The van der Waals surface area contributed by atoms with Crippen molar-refractivity contribution in [2.75, 3.05) is 13.2 Å². The average molecular weight is 228 g/mol. The van der Waals surface area contributed by atoms with Gasteiger partial charge in [0.05, 0.1) is 6.61 Å². The predicted octanol–water partition coefficient (Wildman–Crippen LogP) is 0.884. The highest BCUT2D eigenvalue weighted by Gasteiger charge is 2.25. The van der Waals surface area contributed by atoms with Crippen molar-refractivity contribution in [1.82, 2.24) is 10.8 Å². The first-order valence-corrected chi connectivity index (χ1v) is 5.72. The molecule has 0 spiro atoms. The van der Waals surface area contributed by atoms with Crippen LogP contribution in [0.3, 0.4) is 0 Å². The number of allylic oxidation sites excluding steroid dienone is 1. The molecule has 3 N–H and O–H groups in total. The van der Waals surface area contributed by atoms with Gasteiger partial charge in [-0.05, 0) is 38.6 Å². The van der Waals surface area contributed by atoms with Gasteiger partial charge in [0, 0.05) is 6.20 Å². The Kier molecular flexibility index (Phi) is 5.88. The maximum absolute atomic E-state index is 10.8. The molecule has 0 saturated carbocycles. The normalized spacial score (nSPS) is 25.8. The number of hydrogen-bond donors (Lipinski definition) is 3. The lowest BCUT2D eigenvalue weighted by Crippen LogP contribution is -2.43. The van der Waals surface area contributed by atoms with Crippen LogP contribution in [0.2, 0.25) is 0 Å². The Morgan fingerprint density at radius 3 is 3.19 bits per heavy atom. The monoisotopic (exact) mass is 228 g/mol. The first kappa shape index (κ1) is 13.0. The molecule has 1 aliphatic rings. The summed E-state index contributed by atoms with van der Waals surface area (Å²) in [6.07, 6.45) is 6.38. The van der Waals surface area contributed by atoms with Crippen molar-refractivity contribution in [2.24, 2.45) is 5.92 Å². The van der Waals surface area contributed by atoms with Gasteiger partial charge in [-0.2, -0.15) is 0 Å². The van der Waals surface area contributed by atoms with Crippen LogP contribution in [0.1, 0.15) is 26.2 Å². The second kappa shape index (κ2) is 7.24. The zero-order valence-electron chi connectivity index (χ0n) is 9.61. The Bertz CT molecular complexity index is 243. The van der Waals surface area contributed by atoms with E-state index in [1.807, 2.05) is 13.0 Å². The van der Waals surface area contributed by atoms with Crippen molar-refractivity contribution in [3.8, 4) is 0 Å². The largest absolute Gasteiger partial charge is 0.480 e. The molecule has 2 atom stereocenters. The number of carboxylic acid groups (broad SMARTS) is 1. The minimum atomic E-state index is -0.749. The van der Waals surface area contributed by atoms with Gasteiger partial charge in [-0.3, -0.25) is 15.1 Å². The molecule has 1 fully saturated rings. The van der Waals surface area contributed by atoms with E-state index >= 15 is 0 Å². The van der Waals surface area contributed by atoms with E-state index in [0.717, 1.165) is 19.4 Å². The molecule has 1 aliphatic heterocycles. The Morgan fingerprint density at radius 2 is 2.50 bits per heavy atom. The van der Waals surface area contributed by atoms with Gasteiger partial charge in [-0.25, -0.2) is 0 Å². The molecule has 0 bridgehead atoms. The van der Waals surface area contributed by atoms with E-state index in [1.165, 1.54) is 0 Å². The molecule has 1 rings (SSSR count). The SMILES string of the molecule is CCONC=CCC1CCNC(C(=O)O)C1. The van der Waals surface area contributed by atoms with Gasteiger partial charge in [0.15, 0.2) is 0 Å². The summed E-state index contributed by atoms with van der Waals surface area (Å²) in [7, 11) is 0. The summed E-state index contributed by atoms with van der Waals surface area (Å²) in [5.74, 6) is -0.303. The van der Waals surface area contributed by atoms with E-state index in [1.54, 1.807) is 6.20 Å². The van der Waals surface area contributed by atoms with E-state index in [-0.39, 0.29) is 6.04 Å². The smallest absolute Gasteiger partial charge is 0.320 e. The Labute approximate surface area is 95.8 Å². The lowest BCUT2D eigenvalue weighted by Gasteiger charge is -2.26. The number of carbonyl (C=O) groups is 1. The topological polar surface area (TPSA) is 70.6 Å². The van der Waals surface area contributed by atoms with Crippen molar-refractivity contribution < 1.29 is 14.7 Å². The van der Waals surface area contributed by atoms with Crippen LogP contribution in [0, 0.1) is 5.92 Å². The van der Waals surface area contributed by atoms with Crippen LogP contribution in [0.5, 0.6) is 0 Å². The number of nitrogens with one attached hydrogen (secondary N) is 2. The molecule has 92 valence electrons. The number of hydrogen-bond acceptors (Lipinski definition) is 4. The second-order valence-corrected chi connectivity index (χ2v) is 3.92. The van der Waals surface area contributed by atoms with Crippen LogP contribution in [-0.4, -0.2) is 30.3 Å². The summed E-state index contributed by atoms with van der Waals surface area (Å²) >= 11 is 0. The lowest BCUT2D eigenvalue weighted by molar-refractivity contribution is -0.140. The van der Waals surface area contributed by atoms with Crippen LogP contribution in [0.4, 0.5) is 0 Å². The maximum Gasteiger partial charge on any atom is 0.320 e. The van der Waals surface area contributed by atoms with Crippen molar-refractivity contribution in [2.45, 2.75) is 32.2 Å². The highest BCUT2D eigenvalue weighted by molar-refractivity contribution is 5.73. The van der Waals surface area contributed by atoms with E-state index < -0.39 is 5.97 Å². The van der Waals surface area contributed by atoms with Crippen LogP contribution in [0.25, 0.3) is 0 Å². The highest BCUT2D eigenvalue weighted by atomic mass is 16.6. The molecule has 16 heavy (non-hydrogen) atoms. The van der Waals surface area contributed by atoms with Gasteiger partial charge in [-0.15, -0.1) is 0 Å². The van der Waals surface area contributed by atoms with Crippen LogP contribution >= 0.6 is 0 Å². The summed E-state index contributed by atoms with van der Waals surface area (Å²) in [4.78, 5) is 15.7. The van der Waals surface area contributed by atoms with Crippen LogP contribution in [-0.2, 0) is 9.63 Å². The van der Waals surface area contributed by atoms with Gasteiger partial charge in [0.25, 0.3) is 0 Å². The molecule has 2 unspecified atom stereocenters. The summed E-state index contributed by atoms with van der Waals surface area (Å²) in [6, 6.07) is -0.382. The molecule has 0 aromatic carbocycles. The standard InChI is InChI=1S/C11H20N2O3/c1-2-16-13-6-3-4-9-5-7-12-10(8-9)11(14)15/h3,6,9-10,12-13H,2,4-5,7-8H2,1H3,(H,14,15). The van der Waals surface area contributed by atoms with Crippen molar-refractivity contribution in [1.29, 1.82) is 0 Å². The highest BCUT2D eigenvalue weighted by Crippen LogP contribution is 2.20. The molecule has 1 heterocycles. The quantitative estimate of drug-likeness (QED) is 0.465. The second-order valence-electron chi connectivity index (χ2n) is 3.92. The molecular formula is C11H20N2O3. The van der Waals surface area contributed by atoms with Gasteiger partial charge in [0.1, 0.15) is 6.04 Å². The van der Waals surface area contributed by atoms with Crippen molar-refractivity contribution >= 4 is 5.97 Å². The van der Waals surface area contributed by atoms with Crippen molar-refractivity contribution in [3.63, 3.8) is 0 Å². The summed E-state index contributed by atoms with van der Waals surface area (Å²) < 4.78 is 0. The minimum Gasteiger partial charge on any atom is -0.480 e. The van der Waals surface area contributed by atoms with Gasteiger partial charge in [0.2, 0.25) is 0 Å². The Morgan fingerprint density at radius 1 is 1.69 bits per heavy atom. The van der Waals surface area contributed by atoms with E-state index in [4.69, 9.17) is 9.94 Å². The summed E-state index contributed by atoms with van der Waals surface area (Å²) in [6.45, 7) is 3.32. The third-order valence-electron chi connectivity index (χ3n) is 2.69. The average Bonchev–Trinajstić information content (AvgIpc) is 2.29. The van der Waals surface area contributed by atoms with Gasteiger partial charge >= 0.3 is 5.97 Å². The molecule has 5 nitrogen and oxygen atoms in total. The number of hydroxylamine groups is 1. The fourth-order valence-corrected chi connectivity index (χ4v) is 1.84. The van der Waals surface area contributed by atoms with Crippen LogP contribution < -0.4 is 10.8 Å². The predicted molar refractivity (Wildman–Crippen MR) is 60.7 cm³/mol. The summed E-state index contributed by atoms with van der Waals surface area (Å²) in [5.41, 5.74) is 2.70. The van der Waals surface area contributed by atoms with E-state index in [0.29, 0.717) is 18.9 Å². The number of carboxylic acids is 1.